The van der Waals surface area contributed by atoms with Crippen LogP contribution in [0.4, 0.5) is 5.88 Å². The second-order valence-electron chi connectivity index (χ2n) is 7.27. The van der Waals surface area contributed by atoms with Gasteiger partial charge in [-0.3, -0.25) is 0 Å². The molecule has 8 heteroatoms. The molecule has 0 spiro atoms. The Hall–Kier alpha value is -1.64. The predicted octanol–water partition coefficient (Wildman–Crippen LogP) is 5.94. The molecule has 1 aliphatic heterocycles. The Kier molecular flexibility index (Phi) is 5.86. The summed E-state index contributed by atoms with van der Waals surface area (Å²) in [5.74, 6) is 1.25. The Bertz CT molecular complexity index is 1120. The van der Waals surface area contributed by atoms with E-state index >= 15 is 0 Å². The lowest BCUT2D eigenvalue weighted by Gasteiger charge is -2.30. The highest BCUT2D eigenvalue weighted by atomic mass is 79.9. The van der Waals surface area contributed by atoms with E-state index < -0.39 is 9.84 Å². The van der Waals surface area contributed by atoms with Crippen LogP contribution in [0.1, 0.15) is 19.8 Å². The predicted molar refractivity (Wildman–Crippen MR) is 120 cm³/mol. The number of rotatable bonds is 4. The number of sulfone groups is 1. The molecule has 0 radical (unpaired) electrons. The van der Waals surface area contributed by atoms with E-state index in [0.717, 1.165) is 40.4 Å². The molecule has 0 atom stereocenters. The number of hydrogen-bond acceptors (Lipinski definition) is 5. The summed E-state index contributed by atoms with van der Waals surface area (Å²) in [5.41, 5.74) is 0.725. The van der Waals surface area contributed by atoms with Gasteiger partial charge in [0.1, 0.15) is 0 Å². The van der Waals surface area contributed by atoms with Crippen molar-refractivity contribution < 1.29 is 12.8 Å². The van der Waals surface area contributed by atoms with Gasteiger partial charge >= 0.3 is 0 Å². The summed E-state index contributed by atoms with van der Waals surface area (Å²) in [7, 11) is -3.83. The van der Waals surface area contributed by atoms with Crippen molar-refractivity contribution in [1.29, 1.82) is 0 Å². The number of nitrogens with zero attached hydrogens (tertiary/aromatic N) is 2. The smallest absolute Gasteiger partial charge is 0.236 e. The van der Waals surface area contributed by atoms with Gasteiger partial charge in [0, 0.05) is 27.6 Å². The number of piperidine rings is 1. The molecule has 1 aliphatic rings. The van der Waals surface area contributed by atoms with Crippen LogP contribution in [0.25, 0.3) is 11.5 Å². The molecule has 0 bridgehead atoms. The van der Waals surface area contributed by atoms with Gasteiger partial charge in [-0.25, -0.2) is 8.42 Å². The highest BCUT2D eigenvalue weighted by molar-refractivity contribution is 9.10. The summed E-state index contributed by atoms with van der Waals surface area (Å²) in [5, 5.41) is -0.0237. The van der Waals surface area contributed by atoms with Crippen LogP contribution in [-0.4, -0.2) is 26.5 Å². The molecule has 1 aromatic heterocycles. The van der Waals surface area contributed by atoms with Gasteiger partial charge < -0.3 is 9.32 Å². The first-order valence-corrected chi connectivity index (χ1v) is 12.4. The lowest BCUT2D eigenvalue weighted by Crippen LogP contribution is -2.33. The Morgan fingerprint density at radius 2 is 1.72 bits per heavy atom. The monoisotopic (exact) mass is 538 g/mol. The summed E-state index contributed by atoms with van der Waals surface area (Å²) < 4.78 is 34.6. The second-order valence-corrected chi connectivity index (χ2v) is 11.0. The number of aromatic nitrogens is 1. The van der Waals surface area contributed by atoms with E-state index in [0.29, 0.717) is 17.7 Å². The normalized spacial score (nSPS) is 15.6. The van der Waals surface area contributed by atoms with Crippen LogP contribution < -0.4 is 4.90 Å². The van der Waals surface area contributed by atoms with Crippen molar-refractivity contribution >= 4 is 47.6 Å². The van der Waals surface area contributed by atoms with Crippen molar-refractivity contribution in [3.8, 4) is 11.5 Å². The zero-order valence-electron chi connectivity index (χ0n) is 15.8. The first kappa shape index (κ1) is 20.6. The molecule has 0 saturated carbocycles. The van der Waals surface area contributed by atoms with E-state index in [1.165, 1.54) is 0 Å². The number of anilines is 1. The Morgan fingerprint density at radius 3 is 2.38 bits per heavy atom. The summed E-state index contributed by atoms with van der Waals surface area (Å²) in [6.07, 6.45) is 1.98. The van der Waals surface area contributed by atoms with E-state index in [9.17, 15) is 8.42 Å². The van der Waals surface area contributed by atoms with Crippen LogP contribution in [0.2, 0.25) is 0 Å². The minimum absolute atomic E-state index is 0.0237. The van der Waals surface area contributed by atoms with Crippen LogP contribution in [0.5, 0.6) is 0 Å². The van der Waals surface area contributed by atoms with Gasteiger partial charge in [0.25, 0.3) is 0 Å². The average Bonchev–Trinajstić information content (AvgIpc) is 3.15. The van der Waals surface area contributed by atoms with Gasteiger partial charge in [-0.1, -0.05) is 44.8 Å². The molecule has 1 saturated heterocycles. The summed E-state index contributed by atoms with van der Waals surface area (Å²) >= 11 is 6.80. The maximum Gasteiger partial charge on any atom is 0.236 e. The van der Waals surface area contributed by atoms with Crippen molar-refractivity contribution in [2.24, 2.45) is 5.92 Å². The Labute approximate surface area is 187 Å². The van der Waals surface area contributed by atoms with Crippen molar-refractivity contribution in [1.82, 2.24) is 4.98 Å². The molecule has 29 heavy (non-hydrogen) atoms. The maximum atomic E-state index is 13.4. The van der Waals surface area contributed by atoms with Crippen molar-refractivity contribution in [3.63, 3.8) is 0 Å². The average molecular weight is 540 g/mol. The van der Waals surface area contributed by atoms with Crippen molar-refractivity contribution in [2.45, 2.75) is 29.7 Å². The van der Waals surface area contributed by atoms with Gasteiger partial charge in [-0.05, 0) is 61.2 Å². The molecule has 0 unspecified atom stereocenters. The fraction of sp³-hybridized carbons (Fsp3) is 0.286. The summed E-state index contributed by atoms with van der Waals surface area (Å²) in [4.78, 5) is 6.65. The molecule has 5 nitrogen and oxygen atoms in total. The first-order valence-electron chi connectivity index (χ1n) is 9.37. The number of benzene rings is 2. The van der Waals surface area contributed by atoms with Crippen LogP contribution in [0, 0.1) is 5.92 Å². The molecule has 152 valence electrons. The maximum absolute atomic E-state index is 13.4. The third-order valence-corrected chi connectivity index (χ3v) is 7.79. The van der Waals surface area contributed by atoms with Gasteiger partial charge in [0.2, 0.25) is 26.6 Å². The fourth-order valence-corrected chi connectivity index (χ4v) is 5.34. The summed E-state index contributed by atoms with van der Waals surface area (Å²) in [6, 6.07) is 14.1. The standard InChI is InChI=1S/C21H20Br2N2O3S/c1-14-9-11-25(12-10-14)21-20(29(26,27)18-7-5-16(22)6-8-18)24-19(28-21)15-3-2-4-17(23)13-15/h2-8,13-14H,9-12H2,1H3. The van der Waals surface area contributed by atoms with Crippen molar-refractivity contribution in [3.05, 3.63) is 57.5 Å². The minimum Gasteiger partial charge on any atom is -0.419 e. The largest absolute Gasteiger partial charge is 0.419 e. The molecule has 2 heterocycles. The topological polar surface area (TPSA) is 63.4 Å². The number of oxazole rings is 1. The van der Waals surface area contributed by atoms with Gasteiger partial charge in [0.15, 0.2) is 0 Å². The zero-order chi connectivity index (χ0) is 20.6. The van der Waals surface area contributed by atoms with E-state index in [1.807, 2.05) is 29.2 Å². The molecular formula is C21H20Br2N2O3S. The lowest BCUT2D eigenvalue weighted by molar-refractivity contribution is 0.415. The van der Waals surface area contributed by atoms with E-state index in [-0.39, 0.29) is 9.92 Å². The first-order chi connectivity index (χ1) is 13.8. The number of halogens is 2. The van der Waals surface area contributed by atoms with Crippen LogP contribution in [0.3, 0.4) is 0 Å². The molecule has 0 amide bonds. The highest BCUT2D eigenvalue weighted by Gasteiger charge is 2.32. The van der Waals surface area contributed by atoms with Gasteiger partial charge in [-0.15, -0.1) is 0 Å². The molecule has 0 aliphatic carbocycles. The molecule has 1 fully saturated rings. The third kappa shape index (κ3) is 4.29. The molecule has 3 aromatic rings. The summed E-state index contributed by atoms with van der Waals surface area (Å²) in [6.45, 7) is 3.71. The molecule has 0 N–H and O–H groups in total. The zero-order valence-corrected chi connectivity index (χ0v) is 19.8. The van der Waals surface area contributed by atoms with Gasteiger partial charge in [0.05, 0.1) is 4.90 Å². The third-order valence-electron chi connectivity index (χ3n) is 5.10. The van der Waals surface area contributed by atoms with Crippen LogP contribution >= 0.6 is 31.9 Å². The van der Waals surface area contributed by atoms with E-state index in [2.05, 4.69) is 43.8 Å². The lowest BCUT2D eigenvalue weighted by atomic mass is 9.99. The molecular weight excluding hydrogens is 520 g/mol. The SMILES string of the molecule is CC1CCN(c2oc(-c3cccc(Br)c3)nc2S(=O)(=O)c2ccc(Br)cc2)CC1. The number of hydrogen-bond donors (Lipinski definition) is 0. The minimum atomic E-state index is -3.83. The Morgan fingerprint density at radius 1 is 1.03 bits per heavy atom. The van der Waals surface area contributed by atoms with Crippen LogP contribution in [0.15, 0.2) is 71.8 Å². The second kappa shape index (κ2) is 8.24. The van der Waals surface area contributed by atoms with E-state index in [4.69, 9.17) is 4.42 Å². The Balaban J connectivity index is 1.83. The highest BCUT2D eigenvalue weighted by Crippen LogP contribution is 2.37. The van der Waals surface area contributed by atoms with E-state index in [1.54, 1.807) is 24.3 Å². The molecule has 2 aromatic carbocycles. The fourth-order valence-electron chi connectivity index (χ4n) is 3.35. The van der Waals surface area contributed by atoms with Gasteiger partial charge in [-0.2, -0.15) is 4.98 Å². The van der Waals surface area contributed by atoms with Crippen molar-refractivity contribution in [2.75, 3.05) is 18.0 Å². The molecule has 4 rings (SSSR count). The van der Waals surface area contributed by atoms with Crippen LogP contribution in [-0.2, 0) is 9.84 Å². The quantitative estimate of drug-likeness (QED) is 0.410.